The minimum Gasteiger partial charge on any atom is -0.493 e. The molecule has 5 nitrogen and oxygen atoms in total. The number of hydrogen-bond acceptors (Lipinski definition) is 4. The van der Waals surface area contributed by atoms with Crippen molar-refractivity contribution in [1.82, 2.24) is 15.2 Å². The van der Waals surface area contributed by atoms with Gasteiger partial charge in [-0.2, -0.15) is 5.10 Å². The van der Waals surface area contributed by atoms with Crippen LogP contribution >= 0.6 is 11.6 Å². The molecular weight excluding hydrogens is 254 g/mol. The highest BCUT2D eigenvalue weighted by Crippen LogP contribution is 2.31. The van der Waals surface area contributed by atoms with Gasteiger partial charge in [-0.1, -0.05) is 0 Å². The van der Waals surface area contributed by atoms with Gasteiger partial charge in [0.25, 0.3) is 0 Å². The summed E-state index contributed by atoms with van der Waals surface area (Å²) in [7, 11) is 1.60. The molecule has 0 aliphatic rings. The number of nitrogens with one attached hydrogen (secondary N) is 1. The number of hydrogen-bond donors (Lipinski definition) is 1. The molecule has 1 heterocycles. The quantitative estimate of drug-likeness (QED) is 0.846. The van der Waals surface area contributed by atoms with Crippen molar-refractivity contribution in [1.29, 1.82) is 0 Å². The lowest BCUT2D eigenvalue weighted by atomic mass is 10.2. The Morgan fingerprint density at radius 3 is 2.78 bits per heavy atom. The molecule has 1 aromatic heterocycles. The Bertz CT molecular complexity index is 528. The van der Waals surface area contributed by atoms with Crippen LogP contribution in [0.3, 0.4) is 0 Å². The highest BCUT2D eigenvalue weighted by molar-refractivity contribution is 6.16. The van der Waals surface area contributed by atoms with Gasteiger partial charge in [0, 0.05) is 5.56 Å². The van der Waals surface area contributed by atoms with E-state index in [0.717, 1.165) is 5.56 Å². The third-order valence-electron chi connectivity index (χ3n) is 2.38. The first-order valence-electron chi connectivity index (χ1n) is 5.57. The zero-order chi connectivity index (χ0) is 13.0. The number of alkyl halides is 1. The van der Waals surface area contributed by atoms with E-state index >= 15 is 0 Å². The van der Waals surface area contributed by atoms with Gasteiger partial charge >= 0.3 is 0 Å². The number of benzene rings is 1. The van der Waals surface area contributed by atoms with E-state index in [1.165, 1.54) is 0 Å². The highest BCUT2D eigenvalue weighted by atomic mass is 35.5. The van der Waals surface area contributed by atoms with Crippen LogP contribution in [0.2, 0.25) is 0 Å². The molecule has 1 aromatic carbocycles. The standard InChI is InChI=1S/C12H14ClN3O2/c1-3-18-9-5-4-8(6-10(9)17-2)12-14-11(7-13)15-16-12/h4-6H,3,7H2,1-2H3,(H,14,15,16). The van der Waals surface area contributed by atoms with Gasteiger partial charge in [0.05, 0.1) is 19.6 Å². The van der Waals surface area contributed by atoms with E-state index in [9.17, 15) is 0 Å². The average Bonchev–Trinajstić information content (AvgIpc) is 2.88. The smallest absolute Gasteiger partial charge is 0.181 e. The molecule has 0 spiro atoms. The zero-order valence-corrected chi connectivity index (χ0v) is 11.0. The third kappa shape index (κ3) is 2.56. The van der Waals surface area contributed by atoms with E-state index in [1.54, 1.807) is 7.11 Å². The van der Waals surface area contributed by atoms with Crippen molar-refractivity contribution in [2.24, 2.45) is 0 Å². The second-order valence-electron chi connectivity index (χ2n) is 3.54. The summed E-state index contributed by atoms with van der Waals surface area (Å²) in [5, 5.41) is 6.86. The number of nitrogens with zero attached hydrogens (tertiary/aromatic N) is 2. The van der Waals surface area contributed by atoms with Crippen molar-refractivity contribution in [3.05, 3.63) is 24.0 Å². The third-order valence-corrected chi connectivity index (χ3v) is 2.63. The minimum absolute atomic E-state index is 0.307. The van der Waals surface area contributed by atoms with E-state index < -0.39 is 0 Å². The summed E-state index contributed by atoms with van der Waals surface area (Å²) >= 11 is 5.67. The Balaban J connectivity index is 2.34. The fourth-order valence-corrected chi connectivity index (χ4v) is 1.69. The van der Waals surface area contributed by atoms with Gasteiger partial charge in [0.1, 0.15) is 5.82 Å². The molecular formula is C12H14ClN3O2. The SMILES string of the molecule is CCOc1ccc(-c2n[nH]c(CCl)n2)cc1OC. The largest absolute Gasteiger partial charge is 0.493 e. The van der Waals surface area contributed by atoms with Gasteiger partial charge in [-0.05, 0) is 25.1 Å². The second kappa shape index (κ2) is 5.73. The molecule has 0 atom stereocenters. The van der Waals surface area contributed by atoms with Crippen LogP contribution < -0.4 is 9.47 Å². The molecule has 0 saturated carbocycles. The maximum Gasteiger partial charge on any atom is 0.181 e. The van der Waals surface area contributed by atoms with Crippen LogP contribution in [0.25, 0.3) is 11.4 Å². The van der Waals surface area contributed by atoms with Gasteiger partial charge < -0.3 is 9.47 Å². The second-order valence-corrected chi connectivity index (χ2v) is 3.81. The first-order valence-corrected chi connectivity index (χ1v) is 6.10. The van der Waals surface area contributed by atoms with Gasteiger partial charge in [-0.3, -0.25) is 5.10 Å². The first kappa shape index (κ1) is 12.7. The summed E-state index contributed by atoms with van der Waals surface area (Å²) in [5.41, 5.74) is 0.850. The lowest BCUT2D eigenvalue weighted by Crippen LogP contribution is -1.95. The van der Waals surface area contributed by atoms with E-state index in [-0.39, 0.29) is 0 Å². The lowest BCUT2D eigenvalue weighted by molar-refractivity contribution is 0.311. The Labute approximate surface area is 110 Å². The predicted molar refractivity (Wildman–Crippen MR) is 69.1 cm³/mol. The Hall–Kier alpha value is -1.75. The summed E-state index contributed by atoms with van der Waals surface area (Å²) in [6, 6.07) is 5.56. The first-order chi connectivity index (χ1) is 8.78. The van der Waals surface area contributed by atoms with Crippen LogP contribution in [0.5, 0.6) is 11.5 Å². The lowest BCUT2D eigenvalue weighted by Gasteiger charge is -2.09. The van der Waals surface area contributed by atoms with E-state index in [2.05, 4.69) is 15.2 Å². The number of aromatic nitrogens is 3. The van der Waals surface area contributed by atoms with Gasteiger partial charge in [0.15, 0.2) is 17.3 Å². The normalized spacial score (nSPS) is 10.4. The fourth-order valence-electron chi connectivity index (χ4n) is 1.57. The minimum atomic E-state index is 0.307. The summed E-state index contributed by atoms with van der Waals surface area (Å²) in [4.78, 5) is 4.26. The summed E-state index contributed by atoms with van der Waals surface area (Å²) < 4.78 is 10.7. The molecule has 6 heteroatoms. The topological polar surface area (TPSA) is 60.0 Å². The van der Waals surface area contributed by atoms with Crippen molar-refractivity contribution < 1.29 is 9.47 Å². The molecule has 0 aliphatic carbocycles. The molecule has 2 rings (SSSR count). The Kier molecular flexibility index (Phi) is 4.04. The Morgan fingerprint density at radius 2 is 2.17 bits per heavy atom. The van der Waals surface area contributed by atoms with Crippen molar-refractivity contribution in [2.75, 3.05) is 13.7 Å². The number of methoxy groups -OCH3 is 1. The molecule has 1 N–H and O–H groups in total. The molecule has 18 heavy (non-hydrogen) atoms. The van der Waals surface area contributed by atoms with Crippen LogP contribution in [0.1, 0.15) is 12.7 Å². The van der Waals surface area contributed by atoms with Crippen LogP contribution in [-0.2, 0) is 5.88 Å². The Morgan fingerprint density at radius 1 is 1.33 bits per heavy atom. The molecule has 0 aliphatic heterocycles. The van der Waals surface area contributed by atoms with Crippen molar-refractivity contribution in [2.45, 2.75) is 12.8 Å². The maximum atomic E-state index is 5.67. The van der Waals surface area contributed by atoms with E-state index in [0.29, 0.717) is 35.6 Å². The number of aromatic amines is 1. The van der Waals surface area contributed by atoms with Crippen LogP contribution in [0, 0.1) is 0 Å². The van der Waals surface area contributed by atoms with Gasteiger partial charge in [-0.15, -0.1) is 11.6 Å². The van der Waals surface area contributed by atoms with Crippen molar-refractivity contribution >= 4 is 11.6 Å². The zero-order valence-electron chi connectivity index (χ0n) is 10.2. The summed E-state index contributed by atoms with van der Waals surface area (Å²) in [6.07, 6.45) is 0. The molecule has 2 aromatic rings. The molecule has 0 amide bonds. The average molecular weight is 268 g/mol. The molecule has 0 unspecified atom stereocenters. The number of ether oxygens (including phenoxy) is 2. The monoisotopic (exact) mass is 267 g/mol. The molecule has 0 fully saturated rings. The summed E-state index contributed by atoms with van der Waals surface area (Å²) in [5.74, 6) is 2.90. The molecule has 96 valence electrons. The van der Waals surface area contributed by atoms with Crippen molar-refractivity contribution in [3.63, 3.8) is 0 Å². The predicted octanol–water partition coefficient (Wildman–Crippen LogP) is 2.62. The highest BCUT2D eigenvalue weighted by Gasteiger charge is 2.10. The van der Waals surface area contributed by atoms with Gasteiger partial charge in [-0.25, -0.2) is 4.98 Å². The maximum absolute atomic E-state index is 5.67. The van der Waals surface area contributed by atoms with E-state index in [1.807, 2.05) is 25.1 Å². The number of H-pyrrole nitrogens is 1. The van der Waals surface area contributed by atoms with Gasteiger partial charge in [0.2, 0.25) is 0 Å². The number of rotatable bonds is 5. The van der Waals surface area contributed by atoms with Crippen LogP contribution in [0.15, 0.2) is 18.2 Å². The van der Waals surface area contributed by atoms with Crippen LogP contribution in [0.4, 0.5) is 0 Å². The van der Waals surface area contributed by atoms with Crippen molar-refractivity contribution in [3.8, 4) is 22.9 Å². The van der Waals surface area contributed by atoms with E-state index in [4.69, 9.17) is 21.1 Å². The molecule has 0 radical (unpaired) electrons. The fraction of sp³-hybridized carbons (Fsp3) is 0.333. The molecule has 0 bridgehead atoms. The summed E-state index contributed by atoms with van der Waals surface area (Å²) in [6.45, 7) is 2.52. The molecule has 0 saturated heterocycles. The van der Waals surface area contributed by atoms with Crippen LogP contribution in [-0.4, -0.2) is 28.9 Å². The number of halogens is 1.